The molecule has 72 valence electrons. The lowest BCUT2D eigenvalue weighted by Crippen LogP contribution is -2.06. The summed E-state index contributed by atoms with van der Waals surface area (Å²) in [6, 6.07) is 4.32. The Morgan fingerprint density at radius 3 is 3.07 bits per heavy atom. The summed E-state index contributed by atoms with van der Waals surface area (Å²) in [6.07, 6.45) is 4.60. The number of aryl methyl sites for hydroxylation is 2. The Labute approximate surface area is 96.6 Å². The first-order chi connectivity index (χ1) is 6.75. The minimum Gasteiger partial charge on any atom is -0.346 e. The third kappa shape index (κ3) is 1.15. The Hall–Kier alpha value is -0.410. The number of thiol groups is 1. The van der Waals surface area contributed by atoms with Crippen LogP contribution in [-0.2, 0) is 13.0 Å². The molecule has 0 saturated carbocycles. The zero-order valence-electron chi connectivity index (χ0n) is 7.63. The highest BCUT2D eigenvalue weighted by Crippen LogP contribution is 2.34. The maximum Gasteiger partial charge on any atom is 0.0525 e. The van der Waals surface area contributed by atoms with Gasteiger partial charge in [-0.05, 0) is 46.5 Å². The number of rotatable bonds is 0. The van der Waals surface area contributed by atoms with Crippen LogP contribution in [-0.4, -0.2) is 4.57 Å². The standard InChI is InChI=1S/C11H10BrNS/c12-10-6-13-3-1-2-7-4-8(14)5-9(10)11(7)13/h4-6,14H,1-3H2. The summed E-state index contributed by atoms with van der Waals surface area (Å²) in [6.45, 7) is 1.14. The SMILES string of the molecule is Sc1cc2c3c(c1)c(Br)cn3CCC2. The van der Waals surface area contributed by atoms with Crippen molar-refractivity contribution in [1.29, 1.82) is 0 Å². The quantitative estimate of drug-likeness (QED) is 0.696. The summed E-state index contributed by atoms with van der Waals surface area (Å²) in [5.41, 5.74) is 2.82. The van der Waals surface area contributed by atoms with Crippen molar-refractivity contribution in [2.45, 2.75) is 24.3 Å². The van der Waals surface area contributed by atoms with E-state index in [4.69, 9.17) is 0 Å². The Bertz CT molecular complexity index is 515. The van der Waals surface area contributed by atoms with E-state index in [-0.39, 0.29) is 0 Å². The Morgan fingerprint density at radius 1 is 1.36 bits per heavy atom. The van der Waals surface area contributed by atoms with E-state index in [0.717, 1.165) is 11.4 Å². The summed E-state index contributed by atoms with van der Waals surface area (Å²) < 4.78 is 3.53. The van der Waals surface area contributed by atoms with Crippen LogP contribution in [0.1, 0.15) is 12.0 Å². The molecule has 14 heavy (non-hydrogen) atoms. The van der Waals surface area contributed by atoms with Crippen LogP contribution in [0.3, 0.4) is 0 Å². The van der Waals surface area contributed by atoms with Gasteiger partial charge in [0.05, 0.1) is 5.52 Å². The van der Waals surface area contributed by atoms with Crippen molar-refractivity contribution in [1.82, 2.24) is 4.57 Å². The fourth-order valence-corrected chi connectivity index (χ4v) is 3.11. The van der Waals surface area contributed by atoms with E-state index in [2.05, 4.69) is 51.5 Å². The molecule has 0 radical (unpaired) electrons. The number of hydrogen-bond acceptors (Lipinski definition) is 1. The van der Waals surface area contributed by atoms with Gasteiger partial charge < -0.3 is 4.57 Å². The molecule has 2 heterocycles. The molecule has 0 bridgehead atoms. The smallest absolute Gasteiger partial charge is 0.0525 e. The average molecular weight is 268 g/mol. The van der Waals surface area contributed by atoms with Crippen LogP contribution in [0, 0.1) is 0 Å². The lowest BCUT2D eigenvalue weighted by molar-refractivity contribution is 0.634. The second-order valence-corrected chi connectivity index (χ2v) is 5.15. The molecule has 0 fully saturated rings. The van der Waals surface area contributed by atoms with Gasteiger partial charge in [0.2, 0.25) is 0 Å². The van der Waals surface area contributed by atoms with Crippen LogP contribution >= 0.6 is 28.6 Å². The molecule has 0 atom stereocenters. The number of halogens is 1. The molecule has 1 aliphatic rings. The summed E-state index contributed by atoms with van der Waals surface area (Å²) in [7, 11) is 0. The molecule has 1 aromatic carbocycles. The van der Waals surface area contributed by atoms with Gasteiger partial charge in [0.15, 0.2) is 0 Å². The van der Waals surface area contributed by atoms with Gasteiger partial charge in [-0.25, -0.2) is 0 Å². The van der Waals surface area contributed by atoms with Crippen molar-refractivity contribution in [2.24, 2.45) is 0 Å². The number of nitrogens with zero attached hydrogens (tertiary/aromatic N) is 1. The van der Waals surface area contributed by atoms with Crippen molar-refractivity contribution < 1.29 is 0 Å². The number of benzene rings is 1. The first-order valence-electron chi connectivity index (χ1n) is 4.76. The lowest BCUT2D eigenvalue weighted by atomic mass is 10.0. The van der Waals surface area contributed by atoms with Gasteiger partial charge in [0.1, 0.15) is 0 Å². The minimum absolute atomic E-state index is 1.06. The fraction of sp³-hybridized carbons (Fsp3) is 0.273. The molecule has 0 aliphatic carbocycles. The van der Waals surface area contributed by atoms with Gasteiger partial charge in [-0.1, -0.05) is 0 Å². The van der Waals surface area contributed by atoms with Crippen LogP contribution in [0.15, 0.2) is 27.7 Å². The summed E-state index contributed by atoms with van der Waals surface area (Å²) >= 11 is 8.03. The van der Waals surface area contributed by atoms with E-state index < -0.39 is 0 Å². The van der Waals surface area contributed by atoms with Crippen LogP contribution < -0.4 is 0 Å². The molecule has 0 N–H and O–H groups in total. The fourth-order valence-electron chi connectivity index (χ4n) is 2.28. The van der Waals surface area contributed by atoms with E-state index in [0.29, 0.717) is 0 Å². The van der Waals surface area contributed by atoms with Crippen molar-refractivity contribution in [3.8, 4) is 0 Å². The molecular formula is C11H10BrNS. The molecule has 3 rings (SSSR count). The van der Waals surface area contributed by atoms with Crippen molar-refractivity contribution >= 4 is 39.5 Å². The molecule has 1 aliphatic heterocycles. The molecular weight excluding hydrogens is 258 g/mol. The molecule has 0 unspecified atom stereocenters. The van der Waals surface area contributed by atoms with Crippen LogP contribution in [0.25, 0.3) is 10.9 Å². The molecule has 0 spiro atoms. The summed E-state index contributed by atoms with van der Waals surface area (Å²) in [5.74, 6) is 0. The maximum absolute atomic E-state index is 4.43. The predicted octanol–water partition coefficient (Wildman–Crippen LogP) is 3.64. The van der Waals surface area contributed by atoms with Gasteiger partial charge >= 0.3 is 0 Å². The highest BCUT2D eigenvalue weighted by Gasteiger charge is 2.15. The topological polar surface area (TPSA) is 4.93 Å². The van der Waals surface area contributed by atoms with E-state index in [1.165, 1.54) is 33.8 Å². The third-order valence-corrected chi connectivity index (χ3v) is 3.72. The van der Waals surface area contributed by atoms with E-state index in [1.807, 2.05) is 0 Å². The monoisotopic (exact) mass is 267 g/mol. The molecule has 0 amide bonds. The predicted molar refractivity (Wildman–Crippen MR) is 65.2 cm³/mol. The Morgan fingerprint density at radius 2 is 2.21 bits per heavy atom. The second-order valence-electron chi connectivity index (χ2n) is 3.78. The number of hydrogen-bond donors (Lipinski definition) is 1. The van der Waals surface area contributed by atoms with Gasteiger partial charge in [-0.2, -0.15) is 0 Å². The molecule has 3 heteroatoms. The zero-order valence-corrected chi connectivity index (χ0v) is 10.1. The Balaban J connectivity index is 2.49. The van der Waals surface area contributed by atoms with Crippen LogP contribution in [0.5, 0.6) is 0 Å². The minimum atomic E-state index is 1.06. The molecule has 0 saturated heterocycles. The van der Waals surface area contributed by atoms with E-state index in [9.17, 15) is 0 Å². The summed E-state index contributed by atoms with van der Waals surface area (Å²) in [4.78, 5) is 1.06. The van der Waals surface area contributed by atoms with Crippen LogP contribution in [0.4, 0.5) is 0 Å². The largest absolute Gasteiger partial charge is 0.346 e. The highest BCUT2D eigenvalue weighted by molar-refractivity contribution is 9.10. The lowest BCUT2D eigenvalue weighted by Gasteiger charge is -2.15. The van der Waals surface area contributed by atoms with Gasteiger partial charge in [0, 0.05) is 27.5 Å². The summed E-state index contributed by atoms with van der Waals surface area (Å²) in [5, 5.41) is 1.30. The normalized spacial score (nSPS) is 15.0. The average Bonchev–Trinajstić information content (AvgIpc) is 2.45. The maximum atomic E-state index is 4.43. The molecule has 1 nitrogen and oxygen atoms in total. The first kappa shape index (κ1) is 8.86. The molecule has 1 aromatic heterocycles. The van der Waals surface area contributed by atoms with Gasteiger partial charge in [0.25, 0.3) is 0 Å². The number of aromatic nitrogens is 1. The third-order valence-electron chi connectivity index (χ3n) is 2.83. The zero-order chi connectivity index (χ0) is 9.71. The van der Waals surface area contributed by atoms with Gasteiger partial charge in [-0.15, -0.1) is 12.6 Å². The van der Waals surface area contributed by atoms with E-state index >= 15 is 0 Å². The van der Waals surface area contributed by atoms with Crippen molar-refractivity contribution in [2.75, 3.05) is 0 Å². The van der Waals surface area contributed by atoms with Crippen LogP contribution in [0.2, 0.25) is 0 Å². The van der Waals surface area contributed by atoms with Crippen molar-refractivity contribution in [3.05, 3.63) is 28.4 Å². The second kappa shape index (κ2) is 3.04. The van der Waals surface area contributed by atoms with E-state index in [1.54, 1.807) is 0 Å². The Kier molecular flexibility index (Phi) is 1.92. The molecule has 2 aromatic rings. The highest BCUT2D eigenvalue weighted by atomic mass is 79.9. The van der Waals surface area contributed by atoms with Gasteiger partial charge in [-0.3, -0.25) is 0 Å². The van der Waals surface area contributed by atoms with Crippen molar-refractivity contribution in [3.63, 3.8) is 0 Å². The first-order valence-corrected chi connectivity index (χ1v) is 6.00.